The van der Waals surface area contributed by atoms with E-state index in [1.54, 1.807) is 17.5 Å². The molecule has 0 aliphatic rings. The first-order valence-corrected chi connectivity index (χ1v) is 4.01. The fraction of sp³-hybridized carbons (Fsp3) is 0. The molecule has 0 bridgehead atoms. The molecule has 0 spiro atoms. The van der Waals surface area contributed by atoms with Crippen LogP contribution in [0.2, 0.25) is 0 Å². The topological polar surface area (TPSA) is 36.7 Å². The van der Waals surface area contributed by atoms with Crippen LogP contribution in [-0.4, -0.2) is 4.98 Å². The molecule has 0 unspecified atom stereocenters. The van der Waals surface area contributed by atoms with E-state index in [0.717, 1.165) is 10.2 Å². The number of pyridine rings is 1. The number of hydrogen-bond acceptors (Lipinski definition) is 3. The molecular weight excluding hydrogens is 156 g/mol. The van der Waals surface area contributed by atoms with Gasteiger partial charge in [-0.2, -0.15) is 5.26 Å². The summed E-state index contributed by atoms with van der Waals surface area (Å²) in [5.74, 6) is 0. The normalized spacial score (nSPS) is 9.73. The monoisotopic (exact) mass is 160 g/mol. The van der Waals surface area contributed by atoms with Gasteiger partial charge in [-0.15, -0.1) is 11.3 Å². The summed E-state index contributed by atoms with van der Waals surface area (Å²) in [4.78, 5) is 5.10. The van der Waals surface area contributed by atoms with Gasteiger partial charge in [0.05, 0.1) is 5.56 Å². The lowest BCUT2D eigenvalue weighted by molar-refractivity contribution is 1.39. The molecule has 0 fully saturated rings. The van der Waals surface area contributed by atoms with Crippen molar-refractivity contribution >= 4 is 21.6 Å². The van der Waals surface area contributed by atoms with Crippen LogP contribution in [0.4, 0.5) is 0 Å². The van der Waals surface area contributed by atoms with Crippen LogP contribution in [0.1, 0.15) is 5.56 Å². The first kappa shape index (κ1) is 6.32. The van der Waals surface area contributed by atoms with E-state index in [0.29, 0.717) is 5.56 Å². The number of hydrogen-bond donors (Lipinski definition) is 0. The standard InChI is InChI=1S/C8H4N2S/c9-4-6-3-7-1-2-11-8(7)10-5-6/h1-3,5H. The third kappa shape index (κ3) is 0.975. The molecule has 0 atom stereocenters. The van der Waals surface area contributed by atoms with Crippen LogP contribution in [0.3, 0.4) is 0 Å². The zero-order valence-electron chi connectivity index (χ0n) is 5.61. The average Bonchev–Trinajstić information content (AvgIpc) is 2.50. The van der Waals surface area contributed by atoms with Crippen molar-refractivity contribution in [2.75, 3.05) is 0 Å². The molecule has 2 aromatic heterocycles. The van der Waals surface area contributed by atoms with Crippen LogP contribution in [-0.2, 0) is 0 Å². The summed E-state index contributed by atoms with van der Waals surface area (Å²) in [5.41, 5.74) is 0.621. The van der Waals surface area contributed by atoms with Gasteiger partial charge in [0.1, 0.15) is 10.9 Å². The van der Waals surface area contributed by atoms with Crippen molar-refractivity contribution < 1.29 is 0 Å². The zero-order chi connectivity index (χ0) is 7.68. The van der Waals surface area contributed by atoms with E-state index in [1.807, 2.05) is 17.5 Å². The Hall–Kier alpha value is -1.40. The van der Waals surface area contributed by atoms with Gasteiger partial charge >= 0.3 is 0 Å². The molecule has 11 heavy (non-hydrogen) atoms. The second-order valence-electron chi connectivity index (χ2n) is 2.15. The number of aromatic nitrogens is 1. The third-order valence-corrected chi connectivity index (χ3v) is 2.27. The van der Waals surface area contributed by atoms with Crippen molar-refractivity contribution in [1.29, 1.82) is 5.26 Å². The molecule has 2 nitrogen and oxygen atoms in total. The zero-order valence-corrected chi connectivity index (χ0v) is 6.43. The first-order chi connectivity index (χ1) is 5.40. The number of fused-ring (bicyclic) bond motifs is 1. The predicted octanol–water partition coefficient (Wildman–Crippen LogP) is 2.17. The molecule has 0 aliphatic heterocycles. The molecular formula is C8H4N2S. The summed E-state index contributed by atoms with van der Waals surface area (Å²) in [7, 11) is 0. The smallest absolute Gasteiger partial charge is 0.123 e. The van der Waals surface area contributed by atoms with E-state index in [1.165, 1.54) is 0 Å². The number of rotatable bonds is 0. The van der Waals surface area contributed by atoms with Gasteiger partial charge in [0.25, 0.3) is 0 Å². The molecule has 2 aromatic rings. The second-order valence-corrected chi connectivity index (χ2v) is 3.05. The predicted molar refractivity (Wildman–Crippen MR) is 44.3 cm³/mol. The second kappa shape index (κ2) is 2.33. The van der Waals surface area contributed by atoms with Crippen molar-refractivity contribution in [3.05, 3.63) is 29.3 Å². The highest BCUT2D eigenvalue weighted by Gasteiger charge is 1.96. The summed E-state index contributed by atoms with van der Waals surface area (Å²) in [6, 6.07) is 5.86. The summed E-state index contributed by atoms with van der Waals surface area (Å²) in [5, 5.41) is 11.6. The molecule has 0 aromatic carbocycles. The molecule has 2 rings (SSSR count). The molecule has 0 aliphatic carbocycles. The van der Waals surface area contributed by atoms with Gasteiger partial charge in [0.15, 0.2) is 0 Å². The van der Waals surface area contributed by atoms with E-state index in [-0.39, 0.29) is 0 Å². The minimum absolute atomic E-state index is 0.621. The van der Waals surface area contributed by atoms with E-state index in [9.17, 15) is 0 Å². The fourth-order valence-electron chi connectivity index (χ4n) is 0.920. The van der Waals surface area contributed by atoms with Gasteiger partial charge in [-0.1, -0.05) is 0 Å². The summed E-state index contributed by atoms with van der Waals surface area (Å²) in [6.45, 7) is 0. The molecule has 3 heteroatoms. The lowest BCUT2D eigenvalue weighted by atomic mass is 10.2. The van der Waals surface area contributed by atoms with Crippen LogP contribution in [0.15, 0.2) is 23.7 Å². The number of nitrogens with zero attached hydrogens (tertiary/aromatic N) is 2. The van der Waals surface area contributed by atoms with Crippen molar-refractivity contribution in [2.24, 2.45) is 0 Å². The van der Waals surface area contributed by atoms with Gasteiger partial charge in [0, 0.05) is 11.6 Å². The van der Waals surface area contributed by atoms with Gasteiger partial charge in [-0.3, -0.25) is 0 Å². The molecule has 2 heterocycles. The molecule has 52 valence electrons. The van der Waals surface area contributed by atoms with Gasteiger partial charge in [0.2, 0.25) is 0 Å². The molecule has 0 radical (unpaired) electrons. The van der Waals surface area contributed by atoms with Crippen LogP contribution in [0.5, 0.6) is 0 Å². The Kier molecular flexibility index (Phi) is 1.34. The number of nitriles is 1. The summed E-state index contributed by atoms with van der Waals surface area (Å²) < 4.78 is 0. The Bertz CT molecular complexity index is 425. The fourth-order valence-corrected chi connectivity index (χ4v) is 1.64. The Morgan fingerprint density at radius 3 is 3.27 bits per heavy atom. The lowest BCUT2D eigenvalue weighted by Crippen LogP contribution is -1.75. The highest BCUT2D eigenvalue weighted by Crippen LogP contribution is 2.18. The maximum atomic E-state index is 8.55. The van der Waals surface area contributed by atoms with Crippen LogP contribution in [0, 0.1) is 11.3 Å². The van der Waals surface area contributed by atoms with Crippen molar-refractivity contribution in [1.82, 2.24) is 4.98 Å². The maximum absolute atomic E-state index is 8.55. The Morgan fingerprint density at radius 1 is 1.55 bits per heavy atom. The number of thiophene rings is 1. The largest absolute Gasteiger partial charge is 0.244 e. The van der Waals surface area contributed by atoms with E-state index >= 15 is 0 Å². The highest BCUT2D eigenvalue weighted by atomic mass is 32.1. The summed E-state index contributed by atoms with van der Waals surface area (Å²) >= 11 is 1.59. The first-order valence-electron chi connectivity index (χ1n) is 3.13. The van der Waals surface area contributed by atoms with Crippen LogP contribution in [0.25, 0.3) is 10.2 Å². The molecule has 0 amide bonds. The van der Waals surface area contributed by atoms with Gasteiger partial charge in [-0.25, -0.2) is 4.98 Å². The van der Waals surface area contributed by atoms with Crippen molar-refractivity contribution in [3.8, 4) is 6.07 Å². The Labute approximate surface area is 67.7 Å². The summed E-state index contributed by atoms with van der Waals surface area (Å²) in [6.07, 6.45) is 1.60. The molecule has 0 saturated heterocycles. The van der Waals surface area contributed by atoms with Gasteiger partial charge < -0.3 is 0 Å². The third-order valence-electron chi connectivity index (χ3n) is 1.44. The van der Waals surface area contributed by atoms with E-state index < -0.39 is 0 Å². The lowest BCUT2D eigenvalue weighted by Gasteiger charge is -1.87. The SMILES string of the molecule is N#Cc1cnc2sccc2c1. The van der Waals surface area contributed by atoms with E-state index in [4.69, 9.17) is 5.26 Å². The minimum Gasteiger partial charge on any atom is -0.244 e. The van der Waals surface area contributed by atoms with Crippen molar-refractivity contribution in [3.63, 3.8) is 0 Å². The maximum Gasteiger partial charge on any atom is 0.123 e. The van der Waals surface area contributed by atoms with E-state index in [2.05, 4.69) is 11.1 Å². The Morgan fingerprint density at radius 2 is 2.45 bits per heavy atom. The Balaban J connectivity index is 2.79. The molecule has 0 N–H and O–H groups in total. The highest BCUT2D eigenvalue weighted by molar-refractivity contribution is 7.16. The van der Waals surface area contributed by atoms with Crippen LogP contribution >= 0.6 is 11.3 Å². The van der Waals surface area contributed by atoms with Gasteiger partial charge in [-0.05, 0) is 17.5 Å². The van der Waals surface area contributed by atoms with Crippen LogP contribution < -0.4 is 0 Å². The molecule has 0 saturated carbocycles. The average molecular weight is 160 g/mol. The minimum atomic E-state index is 0.621. The van der Waals surface area contributed by atoms with Crippen molar-refractivity contribution in [2.45, 2.75) is 0 Å². The quantitative estimate of drug-likeness (QED) is 0.592.